The van der Waals surface area contributed by atoms with Crippen LogP contribution in [0.1, 0.15) is 18.2 Å². The van der Waals surface area contributed by atoms with E-state index in [1.807, 2.05) is 66.7 Å². The van der Waals surface area contributed by atoms with Crippen molar-refractivity contribution < 1.29 is 14.0 Å². The lowest BCUT2D eigenvalue weighted by molar-refractivity contribution is 0.417. The molecule has 3 N–H and O–H groups in total. The molecule has 0 aliphatic carbocycles. The molecule has 3 aromatic carbocycles. The topological polar surface area (TPSA) is 97.2 Å². The normalized spacial score (nSPS) is 10.9. The number of ether oxygens (including phenoxy) is 2. The van der Waals surface area contributed by atoms with Crippen molar-refractivity contribution >= 4 is 40.2 Å². The molecular formula is C26H25N5O3S. The van der Waals surface area contributed by atoms with Crippen LogP contribution in [0.15, 0.2) is 76.1 Å². The van der Waals surface area contributed by atoms with E-state index >= 15 is 0 Å². The molecule has 9 heteroatoms. The fourth-order valence-electron chi connectivity index (χ4n) is 3.50. The largest absolute Gasteiger partial charge is 0.495 e. The predicted octanol–water partition coefficient (Wildman–Crippen LogP) is 7.09. The lowest BCUT2D eigenvalue weighted by Crippen LogP contribution is -1.95. The Hall–Kier alpha value is -4.11. The number of hydrogen-bond donors (Lipinski definition) is 3. The third-order valence-corrected chi connectivity index (χ3v) is 6.18. The van der Waals surface area contributed by atoms with E-state index in [0.717, 1.165) is 39.6 Å². The summed E-state index contributed by atoms with van der Waals surface area (Å²) in [6.45, 7) is 4.12. The van der Waals surface area contributed by atoms with Crippen LogP contribution in [0, 0.1) is 6.92 Å². The number of H-pyrrole nitrogens is 1. The second-order valence-corrected chi connectivity index (χ2v) is 8.81. The monoisotopic (exact) mass is 487 g/mol. The van der Waals surface area contributed by atoms with Crippen molar-refractivity contribution in [2.45, 2.75) is 25.2 Å². The second kappa shape index (κ2) is 10.0. The van der Waals surface area contributed by atoms with Gasteiger partial charge in [0.2, 0.25) is 0 Å². The minimum atomic E-state index is 0.604. The number of nitrogens with zero attached hydrogens (tertiary/aromatic N) is 2. The summed E-state index contributed by atoms with van der Waals surface area (Å²) in [5.41, 5.74) is 3.60. The van der Waals surface area contributed by atoms with Crippen LogP contribution in [0.3, 0.4) is 0 Å². The van der Waals surface area contributed by atoms with Gasteiger partial charge in [-0.2, -0.15) is 5.10 Å². The summed E-state index contributed by atoms with van der Waals surface area (Å²) in [7, 11) is 1.63. The number of aromatic amines is 1. The third-order valence-electron chi connectivity index (χ3n) is 5.39. The van der Waals surface area contributed by atoms with Crippen molar-refractivity contribution in [3.63, 3.8) is 0 Å². The lowest BCUT2D eigenvalue weighted by atomic mass is 10.2. The molecule has 2 aromatic heterocycles. The van der Waals surface area contributed by atoms with Gasteiger partial charge in [0.05, 0.1) is 18.2 Å². The zero-order valence-electron chi connectivity index (χ0n) is 19.6. The molecule has 0 saturated heterocycles. The Bertz CT molecular complexity index is 1450. The van der Waals surface area contributed by atoms with Crippen LogP contribution in [0.5, 0.6) is 17.2 Å². The summed E-state index contributed by atoms with van der Waals surface area (Å²) in [5.74, 6) is 3.52. The zero-order chi connectivity index (χ0) is 24.2. The smallest absolute Gasteiger partial charge is 0.187 e. The van der Waals surface area contributed by atoms with Crippen LogP contribution in [-0.4, -0.2) is 22.5 Å². The van der Waals surface area contributed by atoms with E-state index < -0.39 is 0 Å². The standard InChI is InChI=1S/C26H25N5O3S/c1-4-17-12-25(29-28-17)27-22-15-23-21(14-24(22)32-3)26(30-34-23)31-35-20-7-5-6-19(13-20)33-18-10-8-16(2)9-11-18/h5-15H,4H2,1-3H3,(H,30,31)(H2,27,28,29). The van der Waals surface area contributed by atoms with Gasteiger partial charge in [0.15, 0.2) is 17.2 Å². The van der Waals surface area contributed by atoms with E-state index in [9.17, 15) is 0 Å². The molecule has 0 spiro atoms. The first-order chi connectivity index (χ1) is 17.1. The molecular weight excluding hydrogens is 462 g/mol. The maximum Gasteiger partial charge on any atom is 0.187 e. The van der Waals surface area contributed by atoms with E-state index in [2.05, 4.69) is 39.2 Å². The summed E-state index contributed by atoms with van der Waals surface area (Å²) >= 11 is 1.42. The van der Waals surface area contributed by atoms with Crippen LogP contribution < -0.4 is 19.5 Å². The zero-order valence-corrected chi connectivity index (χ0v) is 20.4. The molecule has 0 saturated carbocycles. The molecule has 0 bridgehead atoms. The molecule has 35 heavy (non-hydrogen) atoms. The number of fused-ring (bicyclic) bond motifs is 1. The highest BCUT2D eigenvalue weighted by molar-refractivity contribution is 8.00. The van der Waals surface area contributed by atoms with Gasteiger partial charge >= 0.3 is 0 Å². The molecule has 0 atom stereocenters. The Kier molecular flexibility index (Phi) is 6.49. The van der Waals surface area contributed by atoms with Crippen LogP contribution in [0.4, 0.5) is 17.3 Å². The van der Waals surface area contributed by atoms with Gasteiger partial charge < -0.3 is 24.0 Å². The van der Waals surface area contributed by atoms with E-state index in [4.69, 9.17) is 14.0 Å². The van der Waals surface area contributed by atoms with Gasteiger partial charge in [-0.1, -0.05) is 35.8 Å². The van der Waals surface area contributed by atoms with Crippen molar-refractivity contribution in [1.82, 2.24) is 15.4 Å². The number of aromatic nitrogens is 3. The summed E-state index contributed by atoms with van der Waals surface area (Å²) in [6.07, 6.45) is 0.876. The molecule has 178 valence electrons. The minimum Gasteiger partial charge on any atom is -0.495 e. The molecule has 2 heterocycles. The Morgan fingerprint density at radius 1 is 1.03 bits per heavy atom. The van der Waals surface area contributed by atoms with Gasteiger partial charge in [0, 0.05) is 22.7 Å². The fourth-order valence-corrected chi connectivity index (χ4v) is 4.18. The quantitative estimate of drug-likeness (QED) is 0.190. The van der Waals surface area contributed by atoms with Crippen molar-refractivity contribution in [2.75, 3.05) is 17.1 Å². The fraction of sp³-hybridized carbons (Fsp3) is 0.154. The van der Waals surface area contributed by atoms with Gasteiger partial charge in [0.25, 0.3) is 0 Å². The number of anilines is 3. The lowest BCUT2D eigenvalue weighted by Gasteiger charge is -2.10. The van der Waals surface area contributed by atoms with E-state index in [-0.39, 0.29) is 0 Å². The Balaban J connectivity index is 1.31. The number of hydrogen-bond acceptors (Lipinski definition) is 8. The highest BCUT2D eigenvalue weighted by atomic mass is 32.2. The minimum absolute atomic E-state index is 0.604. The number of aryl methyl sites for hydroxylation is 2. The van der Waals surface area contributed by atoms with Crippen LogP contribution in [-0.2, 0) is 6.42 Å². The van der Waals surface area contributed by atoms with Gasteiger partial charge in [-0.3, -0.25) is 5.10 Å². The Morgan fingerprint density at radius 2 is 1.89 bits per heavy atom. The van der Waals surface area contributed by atoms with Crippen molar-refractivity contribution in [2.24, 2.45) is 0 Å². The summed E-state index contributed by atoms with van der Waals surface area (Å²) in [5, 5.41) is 15.6. The van der Waals surface area contributed by atoms with Crippen LogP contribution in [0.25, 0.3) is 11.0 Å². The van der Waals surface area contributed by atoms with Gasteiger partial charge in [-0.25, -0.2) is 0 Å². The third kappa shape index (κ3) is 5.20. The number of rotatable bonds is 9. The number of methoxy groups -OCH3 is 1. The summed E-state index contributed by atoms with van der Waals surface area (Å²) in [4.78, 5) is 0.973. The number of nitrogens with one attached hydrogen (secondary N) is 3. The van der Waals surface area contributed by atoms with Crippen LogP contribution >= 0.6 is 11.9 Å². The van der Waals surface area contributed by atoms with E-state index in [1.165, 1.54) is 17.5 Å². The van der Waals surface area contributed by atoms with Gasteiger partial charge in [0.1, 0.15) is 17.2 Å². The molecule has 8 nitrogen and oxygen atoms in total. The number of benzene rings is 3. The molecule has 0 fully saturated rings. The van der Waals surface area contributed by atoms with Crippen molar-refractivity contribution in [3.05, 3.63) is 78.0 Å². The molecule has 0 aliphatic heterocycles. The van der Waals surface area contributed by atoms with Crippen molar-refractivity contribution in [1.29, 1.82) is 0 Å². The average molecular weight is 488 g/mol. The average Bonchev–Trinajstić information content (AvgIpc) is 3.50. The SMILES string of the molecule is CCc1cc(Nc2cc3onc(NSc4cccc(Oc5ccc(C)cc5)c4)c3cc2OC)n[nH]1. The van der Waals surface area contributed by atoms with Gasteiger partial charge in [-0.15, -0.1) is 0 Å². The van der Waals surface area contributed by atoms with E-state index in [0.29, 0.717) is 23.0 Å². The highest BCUT2D eigenvalue weighted by Crippen LogP contribution is 2.37. The Morgan fingerprint density at radius 3 is 2.66 bits per heavy atom. The van der Waals surface area contributed by atoms with Crippen LogP contribution in [0.2, 0.25) is 0 Å². The molecule has 0 radical (unpaired) electrons. The molecule has 0 aliphatic rings. The van der Waals surface area contributed by atoms with Gasteiger partial charge in [-0.05, 0) is 61.7 Å². The molecule has 5 rings (SSSR count). The maximum absolute atomic E-state index is 5.98. The van der Waals surface area contributed by atoms with E-state index in [1.54, 1.807) is 7.11 Å². The molecule has 0 amide bonds. The molecule has 0 unspecified atom stereocenters. The Labute approximate surface area is 207 Å². The molecule has 5 aromatic rings. The summed E-state index contributed by atoms with van der Waals surface area (Å²) < 4.78 is 20.4. The second-order valence-electron chi connectivity index (χ2n) is 7.93. The first-order valence-electron chi connectivity index (χ1n) is 11.2. The predicted molar refractivity (Wildman–Crippen MR) is 139 cm³/mol. The maximum atomic E-state index is 5.98. The summed E-state index contributed by atoms with van der Waals surface area (Å²) in [6, 6.07) is 21.5. The first kappa shape index (κ1) is 22.7. The first-order valence-corrected chi connectivity index (χ1v) is 12.0. The van der Waals surface area contributed by atoms with Crippen molar-refractivity contribution in [3.8, 4) is 17.2 Å². The highest BCUT2D eigenvalue weighted by Gasteiger charge is 2.15.